The molecule has 2 rings (SSSR count). The third-order valence-electron chi connectivity index (χ3n) is 3.57. The zero-order chi connectivity index (χ0) is 15.5. The Bertz CT molecular complexity index is 601. The predicted octanol–water partition coefficient (Wildman–Crippen LogP) is 1.74. The first-order chi connectivity index (χ1) is 9.91. The lowest BCUT2D eigenvalue weighted by Gasteiger charge is -2.14. The summed E-state index contributed by atoms with van der Waals surface area (Å²) < 4.78 is 38.8. The zero-order valence-corrected chi connectivity index (χ0v) is 12.8. The van der Waals surface area contributed by atoms with Gasteiger partial charge in [0.15, 0.2) is 0 Å². The van der Waals surface area contributed by atoms with Gasteiger partial charge in [-0.2, -0.15) is 8.42 Å². The zero-order valence-electron chi connectivity index (χ0n) is 12.0. The van der Waals surface area contributed by atoms with Crippen molar-refractivity contribution in [2.75, 3.05) is 20.8 Å². The van der Waals surface area contributed by atoms with Gasteiger partial charge in [0, 0.05) is 5.41 Å². The lowest BCUT2D eigenvalue weighted by atomic mass is 10.1. The van der Waals surface area contributed by atoms with Crippen molar-refractivity contribution in [3.05, 3.63) is 24.3 Å². The molecule has 0 unspecified atom stereocenters. The van der Waals surface area contributed by atoms with Crippen molar-refractivity contribution in [3.63, 3.8) is 0 Å². The van der Waals surface area contributed by atoms with E-state index in [2.05, 4.69) is 4.74 Å². The van der Waals surface area contributed by atoms with E-state index < -0.39 is 15.5 Å². The van der Waals surface area contributed by atoms with Crippen molar-refractivity contribution in [1.29, 1.82) is 0 Å². The highest BCUT2D eigenvalue weighted by molar-refractivity contribution is 7.86. The maximum absolute atomic E-state index is 12.1. The monoisotopic (exact) mass is 314 g/mol. The van der Waals surface area contributed by atoms with Crippen LogP contribution in [-0.4, -0.2) is 35.2 Å². The van der Waals surface area contributed by atoms with Gasteiger partial charge >= 0.3 is 5.97 Å². The Kier molecular flexibility index (Phi) is 4.53. The third kappa shape index (κ3) is 3.95. The van der Waals surface area contributed by atoms with Gasteiger partial charge in [0.05, 0.1) is 32.1 Å². The quantitative estimate of drug-likeness (QED) is 0.563. The lowest BCUT2D eigenvalue weighted by Crippen LogP contribution is -2.19. The molecule has 1 aromatic carbocycles. The highest BCUT2D eigenvalue weighted by atomic mass is 32.2. The molecule has 1 fully saturated rings. The summed E-state index contributed by atoms with van der Waals surface area (Å²) in [6.07, 6.45) is 1.71. The fraction of sp³-hybridized carbons (Fsp3) is 0.500. The van der Waals surface area contributed by atoms with Crippen LogP contribution in [0.5, 0.6) is 5.75 Å². The van der Waals surface area contributed by atoms with Crippen LogP contribution in [0.3, 0.4) is 0 Å². The van der Waals surface area contributed by atoms with Crippen LogP contribution in [0.2, 0.25) is 0 Å². The predicted molar refractivity (Wildman–Crippen MR) is 74.4 cm³/mol. The molecular formula is C14H18O6S. The fourth-order valence-electron chi connectivity index (χ4n) is 1.94. The van der Waals surface area contributed by atoms with Crippen LogP contribution in [0.1, 0.15) is 19.3 Å². The van der Waals surface area contributed by atoms with Crippen LogP contribution in [-0.2, 0) is 23.8 Å². The van der Waals surface area contributed by atoms with Crippen molar-refractivity contribution < 1.29 is 26.9 Å². The van der Waals surface area contributed by atoms with Crippen molar-refractivity contribution in [2.24, 2.45) is 5.41 Å². The average Bonchev–Trinajstić information content (AvgIpc) is 3.25. The van der Waals surface area contributed by atoms with Crippen molar-refractivity contribution in [1.82, 2.24) is 0 Å². The first kappa shape index (κ1) is 15.8. The number of ether oxygens (including phenoxy) is 2. The number of esters is 1. The number of rotatable bonds is 7. The van der Waals surface area contributed by atoms with Gasteiger partial charge in [0.2, 0.25) is 0 Å². The van der Waals surface area contributed by atoms with Crippen LogP contribution < -0.4 is 4.74 Å². The van der Waals surface area contributed by atoms with E-state index in [0.717, 1.165) is 12.8 Å². The first-order valence-corrected chi connectivity index (χ1v) is 7.92. The summed E-state index contributed by atoms with van der Waals surface area (Å²) in [4.78, 5) is 11.4. The van der Waals surface area contributed by atoms with Gasteiger partial charge in [-0.15, -0.1) is 0 Å². The molecule has 21 heavy (non-hydrogen) atoms. The van der Waals surface area contributed by atoms with Crippen LogP contribution >= 0.6 is 0 Å². The van der Waals surface area contributed by atoms with Gasteiger partial charge in [-0.05, 0) is 37.1 Å². The number of hydrogen-bond acceptors (Lipinski definition) is 6. The molecule has 0 saturated heterocycles. The Hall–Kier alpha value is -1.60. The number of carbonyl (C=O) groups is 1. The van der Waals surface area contributed by atoms with Crippen molar-refractivity contribution in [2.45, 2.75) is 24.2 Å². The van der Waals surface area contributed by atoms with Crippen molar-refractivity contribution in [3.8, 4) is 5.75 Å². The Morgan fingerprint density at radius 1 is 1.19 bits per heavy atom. The molecule has 0 heterocycles. The minimum Gasteiger partial charge on any atom is -0.497 e. The second-order valence-corrected chi connectivity index (χ2v) is 6.76. The number of carbonyl (C=O) groups excluding carboxylic acids is 1. The maximum atomic E-state index is 12.1. The summed E-state index contributed by atoms with van der Waals surface area (Å²) in [5.74, 6) is 0.219. The number of hydrogen-bond donors (Lipinski definition) is 0. The first-order valence-electron chi connectivity index (χ1n) is 6.51. The van der Waals surface area contributed by atoms with E-state index in [1.54, 1.807) is 12.1 Å². The molecule has 1 aliphatic rings. The molecule has 0 amide bonds. The summed E-state index contributed by atoms with van der Waals surface area (Å²) in [6, 6.07) is 5.96. The molecule has 116 valence electrons. The molecule has 0 aromatic heterocycles. The van der Waals surface area contributed by atoms with Gasteiger partial charge in [0.25, 0.3) is 10.1 Å². The maximum Gasteiger partial charge on any atom is 0.306 e. The molecular weight excluding hydrogens is 296 g/mol. The second kappa shape index (κ2) is 6.03. The minimum absolute atomic E-state index is 0.00351. The van der Waals surface area contributed by atoms with E-state index in [0.29, 0.717) is 5.75 Å². The fourth-order valence-corrected chi connectivity index (χ4v) is 2.95. The highest BCUT2D eigenvalue weighted by Crippen LogP contribution is 2.49. The smallest absolute Gasteiger partial charge is 0.306 e. The molecule has 1 aromatic rings. The normalized spacial score (nSPS) is 16.3. The molecule has 0 spiro atoms. The lowest BCUT2D eigenvalue weighted by molar-refractivity contribution is -0.142. The molecule has 1 saturated carbocycles. The van der Waals surface area contributed by atoms with E-state index in [-0.39, 0.29) is 23.9 Å². The Morgan fingerprint density at radius 2 is 1.81 bits per heavy atom. The van der Waals surface area contributed by atoms with Crippen LogP contribution in [0.15, 0.2) is 29.2 Å². The van der Waals surface area contributed by atoms with E-state index in [9.17, 15) is 13.2 Å². The largest absolute Gasteiger partial charge is 0.497 e. The van der Waals surface area contributed by atoms with E-state index >= 15 is 0 Å². The third-order valence-corrected chi connectivity index (χ3v) is 4.85. The van der Waals surface area contributed by atoms with Crippen molar-refractivity contribution >= 4 is 16.1 Å². The SMILES string of the molecule is COC(=O)CC1(COS(=O)(=O)c2ccc(OC)cc2)CC1. The Balaban J connectivity index is 1.99. The summed E-state index contributed by atoms with van der Waals surface area (Å²) in [5, 5.41) is 0. The van der Waals surface area contributed by atoms with E-state index in [4.69, 9.17) is 8.92 Å². The van der Waals surface area contributed by atoms with Crippen LogP contribution in [0, 0.1) is 5.41 Å². The topological polar surface area (TPSA) is 78.9 Å². The Morgan fingerprint density at radius 3 is 2.29 bits per heavy atom. The summed E-state index contributed by atoms with van der Waals surface area (Å²) in [6.45, 7) is -0.00351. The molecule has 0 radical (unpaired) electrons. The molecule has 0 aliphatic heterocycles. The van der Waals surface area contributed by atoms with Crippen LogP contribution in [0.4, 0.5) is 0 Å². The van der Waals surface area contributed by atoms with Gasteiger partial charge in [-0.25, -0.2) is 0 Å². The minimum atomic E-state index is -3.83. The number of benzene rings is 1. The van der Waals surface area contributed by atoms with Gasteiger partial charge < -0.3 is 9.47 Å². The average molecular weight is 314 g/mol. The van der Waals surface area contributed by atoms with Gasteiger partial charge in [0.1, 0.15) is 5.75 Å². The molecule has 1 aliphatic carbocycles. The van der Waals surface area contributed by atoms with E-state index in [1.807, 2.05) is 0 Å². The van der Waals surface area contributed by atoms with Gasteiger partial charge in [-0.3, -0.25) is 8.98 Å². The van der Waals surface area contributed by atoms with Gasteiger partial charge in [-0.1, -0.05) is 0 Å². The summed E-state index contributed by atoms with van der Waals surface area (Å²) in [7, 11) is -1.01. The molecule has 6 nitrogen and oxygen atoms in total. The van der Waals surface area contributed by atoms with E-state index in [1.165, 1.54) is 26.4 Å². The van der Waals surface area contributed by atoms with Crippen LogP contribution in [0.25, 0.3) is 0 Å². The Labute approximate surface area is 124 Å². The standard InChI is InChI=1S/C14H18O6S/c1-18-11-3-5-12(6-4-11)21(16,17)20-10-14(7-8-14)9-13(15)19-2/h3-6H,7-10H2,1-2H3. The molecule has 0 atom stereocenters. The molecule has 7 heteroatoms. The molecule has 0 bridgehead atoms. The second-order valence-electron chi connectivity index (χ2n) is 5.14. The molecule has 0 N–H and O–H groups in total. The number of methoxy groups -OCH3 is 2. The summed E-state index contributed by atoms with van der Waals surface area (Å²) >= 11 is 0. The summed E-state index contributed by atoms with van der Waals surface area (Å²) in [5.41, 5.74) is -0.396. The highest BCUT2D eigenvalue weighted by Gasteiger charge is 2.46.